The van der Waals surface area contributed by atoms with Crippen LogP contribution in [-0.2, 0) is 13.0 Å². The van der Waals surface area contributed by atoms with E-state index in [0.29, 0.717) is 18.6 Å². The van der Waals surface area contributed by atoms with Gasteiger partial charge in [-0.05, 0) is 43.5 Å². The van der Waals surface area contributed by atoms with Gasteiger partial charge in [0.25, 0.3) is 0 Å². The number of hydrogen-bond donors (Lipinski definition) is 2. The molecule has 4 nitrogen and oxygen atoms in total. The molecule has 4 aromatic rings. The minimum atomic E-state index is -0.186. The summed E-state index contributed by atoms with van der Waals surface area (Å²) in [6, 6.07) is 24.7. The molecule has 0 fully saturated rings. The number of nitrogens with zero attached hydrogens (tertiary/aromatic N) is 2. The quantitative estimate of drug-likeness (QED) is 0.509. The van der Waals surface area contributed by atoms with E-state index in [2.05, 4.69) is 68.4 Å². The van der Waals surface area contributed by atoms with Crippen LogP contribution in [0.1, 0.15) is 28.3 Å². The molecule has 0 aliphatic rings. The summed E-state index contributed by atoms with van der Waals surface area (Å²) in [5, 5.41) is 19.1. The number of fused-ring (bicyclic) bond motifs is 1. The van der Waals surface area contributed by atoms with E-state index in [1.165, 1.54) is 11.1 Å². The minimum absolute atomic E-state index is 0.0109. The number of benzene rings is 3. The van der Waals surface area contributed by atoms with Crippen molar-refractivity contribution < 1.29 is 5.11 Å². The molecule has 0 bridgehead atoms. The zero-order valence-corrected chi connectivity index (χ0v) is 17.0. The molecule has 0 radical (unpaired) electrons. The Kier molecular flexibility index (Phi) is 5.36. The molecule has 1 heterocycles. The van der Waals surface area contributed by atoms with E-state index in [1.54, 1.807) is 0 Å². The molecule has 2 N–H and O–H groups in total. The number of hydrogen-bond acceptors (Lipinski definition) is 2. The predicted octanol–water partition coefficient (Wildman–Crippen LogP) is 4.36. The summed E-state index contributed by atoms with van der Waals surface area (Å²) in [6.07, 6.45) is 0.686. The Hall–Kier alpha value is -3.11. The maximum Gasteiger partial charge on any atom is 0.203 e. The number of aromatic nitrogens is 2. The molecule has 29 heavy (non-hydrogen) atoms. The summed E-state index contributed by atoms with van der Waals surface area (Å²) in [4.78, 5) is 0. The minimum Gasteiger partial charge on any atom is -0.394 e. The molecule has 4 heteroatoms. The van der Waals surface area contributed by atoms with E-state index in [0.717, 1.165) is 22.2 Å². The highest BCUT2D eigenvalue weighted by atomic mass is 16.3. The topological polar surface area (TPSA) is 53.9 Å². The highest BCUT2D eigenvalue weighted by Gasteiger charge is 2.18. The first-order chi connectivity index (χ1) is 14.1. The fourth-order valence-electron chi connectivity index (χ4n) is 3.89. The van der Waals surface area contributed by atoms with Crippen LogP contribution in [0.2, 0.25) is 0 Å². The zero-order chi connectivity index (χ0) is 20.4. The van der Waals surface area contributed by atoms with Gasteiger partial charge >= 0.3 is 0 Å². The Bertz CT molecular complexity index is 1170. The van der Waals surface area contributed by atoms with Crippen molar-refractivity contribution in [1.82, 2.24) is 9.13 Å². The van der Waals surface area contributed by atoms with E-state index >= 15 is 0 Å². The van der Waals surface area contributed by atoms with Crippen molar-refractivity contribution in [1.29, 1.82) is 5.41 Å². The zero-order valence-electron chi connectivity index (χ0n) is 17.0. The van der Waals surface area contributed by atoms with Crippen LogP contribution in [0.15, 0.2) is 72.8 Å². The smallest absolute Gasteiger partial charge is 0.203 e. The van der Waals surface area contributed by atoms with Gasteiger partial charge in [0.15, 0.2) is 0 Å². The van der Waals surface area contributed by atoms with Crippen LogP contribution in [0, 0.1) is 19.3 Å². The summed E-state index contributed by atoms with van der Waals surface area (Å²) < 4.78 is 4.00. The highest BCUT2D eigenvalue weighted by Crippen LogP contribution is 2.21. The largest absolute Gasteiger partial charge is 0.394 e. The third-order valence-electron chi connectivity index (χ3n) is 5.55. The second-order valence-corrected chi connectivity index (χ2v) is 7.78. The van der Waals surface area contributed by atoms with Crippen LogP contribution in [0.3, 0.4) is 0 Å². The fraction of sp³-hybridized carbons (Fsp3) is 0.240. The molecule has 4 rings (SSSR count). The van der Waals surface area contributed by atoms with Crippen molar-refractivity contribution in [2.45, 2.75) is 32.9 Å². The van der Waals surface area contributed by atoms with Crippen molar-refractivity contribution in [3.8, 4) is 0 Å². The summed E-state index contributed by atoms with van der Waals surface area (Å²) in [6.45, 7) is 4.77. The Morgan fingerprint density at radius 3 is 1.93 bits per heavy atom. The molecule has 0 spiro atoms. The van der Waals surface area contributed by atoms with Crippen molar-refractivity contribution >= 4 is 11.0 Å². The lowest BCUT2D eigenvalue weighted by Gasteiger charge is -2.17. The maximum atomic E-state index is 10.2. The van der Waals surface area contributed by atoms with Gasteiger partial charge < -0.3 is 14.2 Å². The van der Waals surface area contributed by atoms with Crippen LogP contribution >= 0.6 is 0 Å². The molecule has 1 atom stereocenters. The van der Waals surface area contributed by atoms with Gasteiger partial charge in [0.1, 0.15) is 0 Å². The number of aryl methyl sites for hydroxylation is 2. The van der Waals surface area contributed by atoms with Crippen LogP contribution in [0.5, 0.6) is 0 Å². The lowest BCUT2D eigenvalue weighted by Crippen LogP contribution is -2.30. The Balaban J connectivity index is 1.77. The molecular formula is C25H27N3O. The lowest BCUT2D eigenvalue weighted by atomic mass is 10.0. The number of aliphatic hydroxyl groups is 1. The van der Waals surface area contributed by atoms with Crippen molar-refractivity contribution in [2.24, 2.45) is 0 Å². The van der Waals surface area contributed by atoms with Crippen LogP contribution in [0.25, 0.3) is 11.0 Å². The molecule has 0 saturated carbocycles. The van der Waals surface area contributed by atoms with E-state index in [-0.39, 0.29) is 12.6 Å². The molecule has 0 saturated heterocycles. The lowest BCUT2D eigenvalue weighted by molar-refractivity contribution is 0.225. The highest BCUT2D eigenvalue weighted by molar-refractivity contribution is 5.76. The molecule has 148 valence electrons. The predicted molar refractivity (Wildman–Crippen MR) is 117 cm³/mol. The van der Waals surface area contributed by atoms with Gasteiger partial charge in [0, 0.05) is 0 Å². The first-order valence-electron chi connectivity index (χ1n) is 10.0. The van der Waals surface area contributed by atoms with Gasteiger partial charge in [0.2, 0.25) is 5.62 Å². The van der Waals surface area contributed by atoms with Gasteiger partial charge in [-0.1, -0.05) is 71.8 Å². The van der Waals surface area contributed by atoms with Crippen LogP contribution in [-0.4, -0.2) is 20.8 Å². The number of rotatable bonds is 6. The Morgan fingerprint density at radius 2 is 1.34 bits per heavy atom. The molecule has 3 aromatic carbocycles. The summed E-state index contributed by atoms with van der Waals surface area (Å²) in [5.74, 6) is 0. The van der Waals surface area contributed by atoms with Crippen LogP contribution in [0.4, 0.5) is 0 Å². The molecule has 0 aliphatic heterocycles. The van der Waals surface area contributed by atoms with Gasteiger partial charge in [-0.15, -0.1) is 0 Å². The fourth-order valence-corrected chi connectivity index (χ4v) is 3.89. The monoisotopic (exact) mass is 385 g/mol. The standard InChI is InChI=1S/C25H27N3O/c1-18-7-11-20(12-8-18)15-22(17-29)28-24-6-4-3-5-23(24)27(25(28)26)16-21-13-9-19(2)10-14-21/h3-14,22,26,29H,15-17H2,1-2H3. The van der Waals surface area contributed by atoms with Gasteiger partial charge in [-0.3, -0.25) is 5.41 Å². The number of para-hydroxylation sites is 2. The first-order valence-corrected chi connectivity index (χ1v) is 10.0. The normalized spacial score (nSPS) is 12.4. The van der Waals surface area contributed by atoms with E-state index in [1.807, 2.05) is 27.3 Å². The SMILES string of the molecule is Cc1ccc(CC(CO)n2c(=N)n(Cc3ccc(C)cc3)c3ccccc32)cc1. The van der Waals surface area contributed by atoms with E-state index in [4.69, 9.17) is 5.41 Å². The number of aliphatic hydroxyl groups excluding tert-OH is 1. The van der Waals surface area contributed by atoms with E-state index < -0.39 is 0 Å². The van der Waals surface area contributed by atoms with Gasteiger partial charge in [0.05, 0.1) is 30.2 Å². The van der Waals surface area contributed by atoms with Crippen molar-refractivity contribution in [2.75, 3.05) is 6.61 Å². The third kappa shape index (κ3) is 3.89. The number of imidazole rings is 1. The van der Waals surface area contributed by atoms with Crippen LogP contribution < -0.4 is 5.62 Å². The van der Waals surface area contributed by atoms with Crippen molar-refractivity contribution in [3.05, 3.63) is 101 Å². The number of nitrogens with one attached hydrogen (secondary N) is 1. The average molecular weight is 386 g/mol. The van der Waals surface area contributed by atoms with Crippen molar-refractivity contribution in [3.63, 3.8) is 0 Å². The molecular weight excluding hydrogens is 358 g/mol. The molecule has 0 aliphatic carbocycles. The Morgan fingerprint density at radius 1 is 0.793 bits per heavy atom. The summed E-state index contributed by atoms with van der Waals surface area (Å²) in [5.41, 5.74) is 7.19. The second-order valence-electron chi connectivity index (χ2n) is 7.78. The second kappa shape index (κ2) is 8.10. The van der Waals surface area contributed by atoms with E-state index in [9.17, 15) is 5.11 Å². The summed E-state index contributed by atoms with van der Waals surface area (Å²) in [7, 11) is 0. The average Bonchev–Trinajstić information content (AvgIpc) is 3.01. The molecule has 0 amide bonds. The molecule has 1 aromatic heterocycles. The first kappa shape index (κ1) is 19.2. The van der Waals surface area contributed by atoms with Gasteiger partial charge in [-0.2, -0.15) is 0 Å². The van der Waals surface area contributed by atoms with Gasteiger partial charge in [-0.25, -0.2) is 0 Å². The third-order valence-corrected chi connectivity index (χ3v) is 5.55. The maximum absolute atomic E-state index is 10.2. The molecule has 1 unspecified atom stereocenters. The Labute approximate surface area is 171 Å². The summed E-state index contributed by atoms with van der Waals surface area (Å²) >= 11 is 0.